The van der Waals surface area contributed by atoms with E-state index in [1.165, 1.54) is 19.1 Å². The first-order valence-corrected chi connectivity index (χ1v) is 11.0. The van der Waals surface area contributed by atoms with Gasteiger partial charge in [-0.05, 0) is 36.5 Å². The van der Waals surface area contributed by atoms with E-state index in [9.17, 15) is 29.4 Å². The van der Waals surface area contributed by atoms with Gasteiger partial charge in [-0.15, -0.1) is 0 Å². The van der Waals surface area contributed by atoms with Crippen molar-refractivity contribution in [3.8, 4) is 5.75 Å². The van der Waals surface area contributed by atoms with E-state index < -0.39 is 47.9 Å². The molecule has 1 rings (SSSR count). The summed E-state index contributed by atoms with van der Waals surface area (Å²) in [7, 11) is 0. The lowest BCUT2D eigenvalue weighted by atomic mass is 9.97. The van der Waals surface area contributed by atoms with Crippen LogP contribution in [0.2, 0.25) is 0 Å². The molecule has 0 aliphatic rings. The summed E-state index contributed by atoms with van der Waals surface area (Å²) in [5, 5.41) is 26.4. The zero-order valence-electron chi connectivity index (χ0n) is 19.8. The monoisotopic (exact) mass is 464 g/mol. The van der Waals surface area contributed by atoms with Gasteiger partial charge >= 0.3 is 5.97 Å². The Labute approximate surface area is 194 Å². The first-order chi connectivity index (χ1) is 15.4. The van der Waals surface area contributed by atoms with Gasteiger partial charge in [0, 0.05) is 6.42 Å². The van der Waals surface area contributed by atoms with Crippen LogP contribution in [0.3, 0.4) is 0 Å². The average Bonchev–Trinajstić information content (AvgIpc) is 2.76. The molecule has 1 aromatic rings. The highest BCUT2D eigenvalue weighted by Gasteiger charge is 2.31. The molecule has 0 saturated heterocycles. The fraction of sp³-hybridized carbons (Fsp3) is 0.565. The number of phenolic OH excluding ortho intramolecular Hbond substituents is 1. The molecule has 10 nitrogen and oxygen atoms in total. The molecule has 0 aliphatic carbocycles. The van der Waals surface area contributed by atoms with Crippen molar-refractivity contribution in [2.75, 3.05) is 0 Å². The quantitative estimate of drug-likeness (QED) is 0.262. The van der Waals surface area contributed by atoms with Crippen molar-refractivity contribution < 1.29 is 29.4 Å². The largest absolute Gasteiger partial charge is 0.508 e. The Morgan fingerprint density at radius 2 is 1.48 bits per heavy atom. The lowest BCUT2D eigenvalue weighted by Crippen LogP contribution is -2.58. The summed E-state index contributed by atoms with van der Waals surface area (Å²) in [5.41, 5.74) is 6.56. The molecule has 7 N–H and O–H groups in total. The molecule has 5 unspecified atom stereocenters. The topological polar surface area (TPSA) is 171 Å². The minimum Gasteiger partial charge on any atom is -0.508 e. The predicted octanol–water partition coefficient (Wildman–Crippen LogP) is 0.523. The number of carbonyl (C=O) groups excluding carboxylic acids is 3. The number of hydrogen-bond acceptors (Lipinski definition) is 6. The SMILES string of the molecule is CCC(C)C(N)C(=O)NC(C(=O)NC(C)C(=O)NC(Cc1ccc(O)cc1)C(=O)O)C(C)C. The molecule has 0 aliphatic heterocycles. The normalized spacial score (nSPS) is 15.6. The molecule has 1 aromatic carbocycles. The van der Waals surface area contributed by atoms with Crippen LogP contribution in [-0.4, -0.2) is 58.1 Å². The number of carboxylic acid groups (broad SMARTS) is 1. The molecule has 184 valence electrons. The van der Waals surface area contributed by atoms with Gasteiger partial charge in [-0.1, -0.05) is 46.2 Å². The second kappa shape index (κ2) is 12.8. The van der Waals surface area contributed by atoms with Crippen LogP contribution in [0.15, 0.2) is 24.3 Å². The summed E-state index contributed by atoms with van der Waals surface area (Å²) in [6, 6.07) is 2.02. The molecule has 33 heavy (non-hydrogen) atoms. The fourth-order valence-electron chi connectivity index (χ4n) is 3.03. The number of carboxylic acids is 1. The van der Waals surface area contributed by atoms with E-state index in [4.69, 9.17) is 5.73 Å². The molecule has 10 heteroatoms. The number of aromatic hydroxyl groups is 1. The highest BCUT2D eigenvalue weighted by atomic mass is 16.4. The maximum absolute atomic E-state index is 12.8. The standard InChI is InChI=1S/C23H36N4O6/c1-6-13(4)18(24)21(30)27-19(12(2)3)22(31)25-14(5)20(29)26-17(23(32)33)11-15-7-9-16(28)10-8-15/h7-10,12-14,17-19,28H,6,11,24H2,1-5H3,(H,25,31)(H,26,29)(H,27,30)(H,32,33). The number of rotatable bonds is 12. The Kier molecular flexibility index (Phi) is 10.8. The Hall–Kier alpha value is -3.14. The van der Waals surface area contributed by atoms with Gasteiger partial charge in [0.1, 0.15) is 23.9 Å². The second-order valence-electron chi connectivity index (χ2n) is 8.64. The van der Waals surface area contributed by atoms with Crippen LogP contribution < -0.4 is 21.7 Å². The third kappa shape index (κ3) is 8.72. The molecule has 0 aromatic heterocycles. The summed E-state index contributed by atoms with van der Waals surface area (Å²) in [5.74, 6) is -3.22. The smallest absolute Gasteiger partial charge is 0.326 e. The van der Waals surface area contributed by atoms with E-state index in [0.29, 0.717) is 12.0 Å². The van der Waals surface area contributed by atoms with Crippen molar-refractivity contribution in [3.05, 3.63) is 29.8 Å². The fourth-order valence-corrected chi connectivity index (χ4v) is 3.03. The van der Waals surface area contributed by atoms with E-state index in [-0.39, 0.29) is 24.0 Å². The van der Waals surface area contributed by atoms with Crippen molar-refractivity contribution in [3.63, 3.8) is 0 Å². The third-order valence-electron chi connectivity index (χ3n) is 5.55. The van der Waals surface area contributed by atoms with Gasteiger partial charge in [0.05, 0.1) is 6.04 Å². The van der Waals surface area contributed by atoms with Crippen molar-refractivity contribution in [2.24, 2.45) is 17.6 Å². The molecule has 0 saturated carbocycles. The molecule has 0 spiro atoms. The highest BCUT2D eigenvalue weighted by molar-refractivity contribution is 5.94. The number of nitrogens with two attached hydrogens (primary N) is 1. The van der Waals surface area contributed by atoms with Crippen molar-refractivity contribution in [1.82, 2.24) is 16.0 Å². The van der Waals surface area contributed by atoms with Gasteiger partial charge in [-0.25, -0.2) is 4.79 Å². The number of aliphatic carboxylic acids is 1. The van der Waals surface area contributed by atoms with E-state index in [0.717, 1.165) is 0 Å². The molecule has 0 fully saturated rings. The van der Waals surface area contributed by atoms with Crippen LogP contribution in [0.25, 0.3) is 0 Å². The number of phenols is 1. The maximum atomic E-state index is 12.8. The number of amides is 3. The van der Waals surface area contributed by atoms with E-state index in [1.807, 2.05) is 13.8 Å². The Balaban J connectivity index is 2.78. The van der Waals surface area contributed by atoms with Gasteiger partial charge in [0.15, 0.2) is 0 Å². The molecule has 3 amide bonds. The van der Waals surface area contributed by atoms with Crippen LogP contribution in [0.1, 0.15) is 46.6 Å². The number of carbonyl (C=O) groups is 4. The number of nitrogens with one attached hydrogen (secondary N) is 3. The van der Waals surface area contributed by atoms with E-state index >= 15 is 0 Å². The first-order valence-electron chi connectivity index (χ1n) is 11.0. The molecule has 0 radical (unpaired) electrons. The van der Waals surface area contributed by atoms with Gasteiger partial charge in [-0.2, -0.15) is 0 Å². The van der Waals surface area contributed by atoms with Crippen molar-refractivity contribution >= 4 is 23.7 Å². The summed E-state index contributed by atoms with van der Waals surface area (Å²) in [6.45, 7) is 8.69. The average molecular weight is 465 g/mol. The zero-order valence-corrected chi connectivity index (χ0v) is 19.8. The van der Waals surface area contributed by atoms with Gasteiger partial charge in [0.25, 0.3) is 0 Å². The summed E-state index contributed by atoms with van der Waals surface area (Å²) >= 11 is 0. The molecule has 0 heterocycles. The number of hydrogen-bond donors (Lipinski definition) is 6. The minimum absolute atomic E-state index is 0.000196. The Bertz CT molecular complexity index is 827. The molecule has 0 bridgehead atoms. The molecule has 5 atom stereocenters. The summed E-state index contributed by atoms with van der Waals surface area (Å²) < 4.78 is 0. The lowest BCUT2D eigenvalue weighted by Gasteiger charge is -2.26. The van der Waals surface area contributed by atoms with Crippen LogP contribution in [0, 0.1) is 11.8 Å². The van der Waals surface area contributed by atoms with Gasteiger partial charge in [-0.3, -0.25) is 14.4 Å². The third-order valence-corrected chi connectivity index (χ3v) is 5.55. The lowest BCUT2D eigenvalue weighted by molar-refractivity contribution is -0.142. The molecular formula is C23H36N4O6. The van der Waals surface area contributed by atoms with Crippen LogP contribution in [0.5, 0.6) is 5.75 Å². The summed E-state index contributed by atoms with van der Waals surface area (Å²) in [4.78, 5) is 49.3. The van der Waals surface area contributed by atoms with Crippen molar-refractivity contribution in [1.29, 1.82) is 0 Å². The predicted molar refractivity (Wildman–Crippen MR) is 123 cm³/mol. The minimum atomic E-state index is -1.23. The van der Waals surface area contributed by atoms with Gasteiger partial charge in [0.2, 0.25) is 17.7 Å². The van der Waals surface area contributed by atoms with Crippen LogP contribution >= 0.6 is 0 Å². The maximum Gasteiger partial charge on any atom is 0.326 e. The summed E-state index contributed by atoms with van der Waals surface area (Å²) in [6.07, 6.45) is 0.708. The first kappa shape index (κ1) is 27.9. The second-order valence-corrected chi connectivity index (χ2v) is 8.64. The Morgan fingerprint density at radius 3 is 1.97 bits per heavy atom. The van der Waals surface area contributed by atoms with E-state index in [1.54, 1.807) is 26.0 Å². The van der Waals surface area contributed by atoms with Crippen LogP contribution in [-0.2, 0) is 25.6 Å². The van der Waals surface area contributed by atoms with Crippen molar-refractivity contribution in [2.45, 2.75) is 71.6 Å². The van der Waals surface area contributed by atoms with Gasteiger partial charge < -0.3 is 31.9 Å². The van der Waals surface area contributed by atoms with Crippen LogP contribution in [0.4, 0.5) is 0 Å². The molecular weight excluding hydrogens is 428 g/mol. The number of benzene rings is 1. The Morgan fingerprint density at radius 1 is 0.909 bits per heavy atom. The highest BCUT2D eigenvalue weighted by Crippen LogP contribution is 2.12. The van der Waals surface area contributed by atoms with E-state index in [2.05, 4.69) is 16.0 Å². The zero-order chi connectivity index (χ0) is 25.3.